The standard InChI is InChI=1S/C26H37N5/c1-22-3-5-24(6-4-22)30-17-15-29(16-18-30)20-23-19-25(7-11-27-23)31-14-10-26(21-31)8-12-28(2)13-9-26/h3-7,11,19H,8-10,12-18,20-21H2,1-2H3. The smallest absolute Gasteiger partial charge is 0.0564 e. The van der Waals surface area contributed by atoms with Crippen molar-refractivity contribution < 1.29 is 0 Å². The molecule has 1 spiro atoms. The van der Waals surface area contributed by atoms with Gasteiger partial charge in [0.05, 0.1) is 5.69 Å². The molecule has 5 rings (SSSR count). The van der Waals surface area contributed by atoms with E-state index in [-0.39, 0.29) is 0 Å². The number of piperazine rings is 1. The quantitative estimate of drug-likeness (QED) is 0.754. The Morgan fingerprint density at radius 3 is 2.26 bits per heavy atom. The van der Waals surface area contributed by atoms with Crippen molar-refractivity contribution >= 4 is 11.4 Å². The van der Waals surface area contributed by atoms with Crippen LogP contribution < -0.4 is 9.80 Å². The summed E-state index contributed by atoms with van der Waals surface area (Å²) in [6, 6.07) is 13.5. The maximum Gasteiger partial charge on any atom is 0.0564 e. The molecule has 4 heterocycles. The zero-order chi connectivity index (χ0) is 21.3. The number of anilines is 2. The zero-order valence-corrected chi connectivity index (χ0v) is 19.3. The second-order valence-electron chi connectivity index (χ2n) is 10.1. The number of nitrogens with zero attached hydrogens (tertiary/aromatic N) is 5. The molecule has 0 bridgehead atoms. The third-order valence-electron chi connectivity index (χ3n) is 7.81. The minimum atomic E-state index is 0.544. The van der Waals surface area contributed by atoms with Gasteiger partial charge in [0, 0.05) is 63.4 Å². The van der Waals surface area contributed by atoms with Gasteiger partial charge in [-0.15, -0.1) is 0 Å². The van der Waals surface area contributed by atoms with Gasteiger partial charge in [-0.25, -0.2) is 0 Å². The van der Waals surface area contributed by atoms with E-state index in [1.165, 1.54) is 68.1 Å². The van der Waals surface area contributed by atoms with E-state index in [1.807, 2.05) is 6.20 Å². The summed E-state index contributed by atoms with van der Waals surface area (Å²) in [5.41, 5.74) is 5.81. The first-order valence-electron chi connectivity index (χ1n) is 12.0. The monoisotopic (exact) mass is 419 g/mol. The first-order chi connectivity index (χ1) is 15.1. The molecule has 0 saturated carbocycles. The lowest BCUT2D eigenvalue weighted by molar-refractivity contribution is 0.142. The number of piperidine rings is 1. The van der Waals surface area contributed by atoms with Crippen molar-refractivity contribution in [3.8, 4) is 0 Å². The topological polar surface area (TPSA) is 25.9 Å². The summed E-state index contributed by atoms with van der Waals surface area (Å²) in [6.45, 7) is 12.4. The van der Waals surface area contributed by atoms with Crippen LogP contribution in [-0.4, -0.2) is 74.2 Å². The molecule has 0 N–H and O–H groups in total. The van der Waals surface area contributed by atoms with Crippen molar-refractivity contribution in [3.63, 3.8) is 0 Å². The molecule has 3 aliphatic rings. The van der Waals surface area contributed by atoms with Crippen LogP contribution in [0.15, 0.2) is 42.6 Å². The molecular formula is C26H37N5. The highest BCUT2D eigenvalue weighted by Crippen LogP contribution is 2.41. The van der Waals surface area contributed by atoms with Gasteiger partial charge in [0.1, 0.15) is 0 Å². The Labute approximate surface area is 187 Å². The summed E-state index contributed by atoms with van der Waals surface area (Å²) in [5.74, 6) is 0. The molecule has 0 aliphatic carbocycles. The predicted molar refractivity (Wildman–Crippen MR) is 129 cm³/mol. The van der Waals surface area contributed by atoms with Gasteiger partial charge < -0.3 is 14.7 Å². The molecule has 5 heteroatoms. The Hall–Kier alpha value is -2.11. The SMILES string of the molecule is Cc1ccc(N2CCN(Cc3cc(N4CCC5(CCN(C)CC5)C4)ccn3)CC2)cc1. The number of benzene rings is 1. The van der Waals surface area contributed by atoms with E-state index >= 15 is 0 Å². The fourth-order valence-electron chi connectivity index (χ4n) is 5.55. The third-order valence-corrected chi connectivity index (χ3v) is 7.81. The maximum absolute atomic E-state index is 4.72. The molecule has 0 amide bonds. The Morgan fingerprint density at radius 2 is 1.52 bits per heavy atom. The number of hydrogen-bond acceptors (Lipinski definition) is 5. The largest absolute Gasteiger partial charge is 0.371 e. The first kappa shape index (κ1) is 20.8. The van der Waals surface area contributed by atoms with E-state index in [0.29, 0.717) is 5.41 Å². The molecule has 3 fully saturated rings. The minimum Gasteiger partial charge on any atom is -0.371 e. The van der Waals surface area contributed by atoms with Gasteiger partial charge >= 0.3 is 0 Å². The van der Waals surface area contributed by atoms with E-state index in [9.17, 15) is 0 Å². The van der Waals surface area contributed by atoms with E-state index in [0.717, 1.165) is 32.7 Å². The number of pyridine rings is 1. The van der Waals surface area contributed by atoms with Gasteiger partial charge in [0.25, 0.3) is 0 Å². The van der Waals surface area contributed by atoms with Crippen LogP contribution in [-0.2, 0) is 6.54 Å². The lowest BCUT2D eigenvalue weighted by atomic mass is 9.78. The van der Waals surface area contributed by atoms with Gasteiger partial charge in [-0.1, -0.05) is 17.7 Å². The predicted octanol–water partition coefficient (Wildman–Crippen LogP) is 3.63. The van der Waals surface area contributed by atoms with Crippen LogP contribution in [0.4, 0.5) is 11.4 Å². The van der Waals surface area contributed by atoms with Crippen molar-refractivity contribution in [3.05, 3.63) is 53.9 Å². The Balaban J connectivity index is 1.17. The highest BCUT2D eigenvalue weighted by atomic mass is 15.3. The molecule has 3 aliphatic heterocycles. The number of likely N-dealkylation sites (tertiary alicyclic amines) is 1. The van der Waals surface area contributed by atoms with Crippen LogP contribution in [0.3, 0.4) is 0 Å². The van der Waals surface area contributed by atoms with Crippen molar-refractivity contribution in [2.75, 3.05) is 69.2 Å². The average molecular weight is 420 g/mol. The molecule has 0 unspecified atom stereocenters. The fourth-order valence-corrected chi connectivity index (χ4v) is 5.55. The molecule has 1 aromatic heterocycles. The molecule has 2 aromatic rings. The third kappa shape index (κ3) is 4.73. The highest BCUT2D eigenvalue weighted by molar-refractivity contribution is 5.49. The molecule has 3 saturated heterocycles. The first-order valence-corrected chi connectivity index (χ1v) is 12.0. The van der Waals surface area contributed by atoms with E-state index in [4.69, 9.17) is 4.98 Å². The van der Waals surface area contributed by atoms with E-state index in [1.54, 1.807) is 0 Å². The Bertz CT molecular complexity index is 864. The highest BCUT2D eigenvalue weighted by Gasteiger charge is 2.40. The summed E-state index contributed by atoms with van der Waals surface area (Å²) < 4.78 is 0. The van der Waals surface area contributed by atoms with Gasteiger partial charge in [0.15, 0.2) is 0 Å². The molecule has 1 aromatic carbocycles. The number of hydrogen-bond donors (Lipinski definition) is 0. The minimum absolute atomic E-state index is 0.544. The summed E-state index contributed by atoms with van der Waals surface area (Å²) in [6.07, 6.45) is 6.07. The summed E-state index contributed by atoms with van der Waals surface area (Å²) in [5, 5.41) is 0. The molecule has 166 valence electrons. The van der Waals surface area contributed by atoms with Gasteiger partial charge in [-0.3, -0.25) is 9.88 Å². The molecule has 5 nitrogen and oxygen atoms in total. The normalized spacial score (nSPS) is 22.4. The average Bonchev–Trinajstić information content (AvgIpc) is 3.21. The van der Waals surface area contributed by atoms with E-state index in [2.05, 4.69) is 70.0 Å². The lowest BCUT2D eigenvalue weighted by Gasteiger charge is -2.38. The second kappa shape index (κ2) is 8.79. The fraction of sp³-hybridized carbons (Fsp3) is 0.577. The molecular weight excluding hydrogens is 382 g/mol. The van der Waals surface area contributed by atoms with Crippen LogP contribution in [0.5, 0.6) is 0 Å². The second-order valence-corrected chi connectivity index (χ2v) is 10.1. The van der Waals surface area contributed by atoms with Crippen molar-refractivity contribution in [1.29, 1.82) is 0 Å². The van der Waals surface area contributed by atoms with Crippen molar-refractivity contribution in [2.24, 2.45) is 5.41 Å². The number of aryl methyl sites for hydroxylation is 1. The molecule has 0 radical (unpaired) electrons. The van der Waals surface area contributed by atoms with Gasteiger partial charge in [-0.05, 0) is 76.0 Å². The van der Waals surface area contributed by atoms with Crippen LogP contribution in [0.1, 0.15) is 30.5 Å². The number of aromatic nitrogens is 1. The maximum atomic E-state index is 4.72. The summed E-state index contributed by atoms with van der Waals surface area (Å²) in [4.78, 5) is 14.9. The Kier molecular flexibility index (Phi) is 5.89. The van der Waals surface area contributed by atoms with Crippen molar-refractivity contribution in [2.45, 2.75) is 32.7 Å². The van der Waals surface area contributed by atoms with Crippen molar-refractivity contribution in [1.82, 2.24) is 14.8 Å². The summed E-state index contributed by atoms with van der Waals surface area (Å²) >= 11 is 0. The van der Waals surface area contributed by atoms with E-state index < -0.39 is 0 Å². The van der Waals surface area contributed by atoms with Gasteiger partial charge in [-0.2, -0.15) is 0 Å². The van der Waals surface area contributed by atoms with Crippen LogP contribution >= 0.6 is 0 Å². The summed E-state index contributed by atoms with van der Waals surface area (Å²) in [7, 11) is 2.26. The Morgan fingerprint density at radius 1 is 0.806 bits per heavy atom. The number of rotatable bonds is 4. The zero-order valence-electron chi connectivity index (χ0n) is 19.3. The molecule has 0 atom stereocenters. The van der Waals surface area contributed by atoms with Crippen LogP contribution in [0.2, 0.25) is 0 Å². The van der Waals surface area contributed by atoms with Crippen LogP contribution in [0.25, 0.3) is 0 Å². The lowest BCUT2D eigenvalue weighted by Crippen LogP contribution is -2.46. The molecule has 31 heavy (non-hydrogen) atoms. The van der Waals surface area contributed by atoms with Crippen LogP contribution in [0, 0.1) is 12.3 Å². The van der Waals surface area contributed by atoms with Gasteiger partial charge in [0.2, 0.25) is 0 Å².